The number of ether oxygens (including phenoxy) is 1. The number of nitrogens with zero attached hydrogens (tertiary/aromatic N) is 1. The fourth-order valence-corrected chi connectivity index (χ4v) is 1.51. The van der Waals surface area contributed by atoms with Gasteiger partial charge in [0, 0.05) is 19.9 Å². The van der Waals surface area contributed by atoms with Crippen LogP contribution in [-0.2, 0) is 16.1 Å². The first-order valence-electron chi connectivity index (χ1n) is 5.31. The van der Waals surface area contributed by atoms with Crippen molar-refractivity contribution in [1.82, 2.24) is 9.88 Å². The smallest absolute Gasteiger partial charge is 0.261 e. The van der Waals surface area contributed by atoms with E-state index in [2.05, 4.69) is 5.32 Å². The van der Waals surface area contributed by atoms with Gasteiger partial charge in [0.2, 0.25) is 5.91 Å². The van der Waals surface area contributed by atoms with E-state index >= 15 is 0 Å². The SMILES string of the molecule is COCCNC(=O)Cn1cccc(C(N)=S)c1=O. The summed E-state index contributed by atoms with van der Waals surface area (Å²) < 4.78 is 6.06. The molecule has 1 rings (SSSR count). The minimum atomic E-state index is -0.369. The normalized spacial score (nSPS) is 10.1. The topological polar surface area (TPSA) is 86.3 Å². The van der Waals surface area contributed by atoms with Crippen molar-refractivity contribution in [2.75, 3.05) is 20.3 Å². The van der Waals surface area contributed by atoms with Gasteiger partial charge in [0.15, 0.2) is 0 Å². The Morgan fingerprint density at radius 2 is 2.33 bits per heavy atom. The van der Waals surface area contributed by atoms with Crippen molar-refractivity contribution in [2.45, 2.75) is 6.54 Å². The van der Waals surface area contributed by atoms with Gasteiger partial charge in [0.05, 0.1) is 12.2 Å². The minimum Gasteiger partial charge on any atom is -0.389 e. The third-order valence-electron chi connectivity index (χ3n) is 2.23. The third kappa shape index (κ3) is 3.94. The lowest BCUT2D eigenvalue weighted by Crippen LogP contribution is -2.35. The molecule has 0 saturated heterocycles. The van der Waals surface area contributed by atoms with Crippen LogP contribution in [0.25, 0.3) is 0 Å². The molecule has 0 aliphatic carbocycles. The zero-order valence-corrected chi connectivity index (χ0v) is 10.8. The first kappa shape index (κ1) is 14.3. The maximum Gasteiger partial charge on any atom is 0.261 e. The number of nitrogens with two attached hydrogens (primary N) is 1. The Labute approximate surface area is 110 Å². The monoisotopic (exact) mass is 269 g/mol. The second kappa shape index (κ2) is 6.87. The molecular weight excluding hydrogens is 254 g/mol. The second-order valence-corrected chi connectivity index (χ2v) is 4.00. The van der Waals surface area contributed by atoms with Gasteiger partial charge in [-0.05, 0) is 12.1 Å². The maximum atomic E-state index is 11.9. The number of hydrogen-bond acceptors (Lipinski definition) is 4. The first-order valence-corrected chi connectivity index (χ1v) is 5.72. The summed E-state index contributed by atoms with van der Waals surface area (Å²) in [5.74, 6) is -0.269. The van der Waals surface area contributed by atoms with E-state index in [1.807, 2.05) is 0 Å². The molecule has 0 atom stereocenters. The number of carbonyl (C=O) groups is 1. The Kier molecular flexibility index (Phi) is 5.47. The molecule has 98 valence electrons. The molecule has 18 heavy (non-hydrogen) atoms. The lowest BCUT2D eigenvalue weighted by molar-refractivity contribution is -0.121. The standard InChI is InChI=1S/C11H15N3O3S/c1-17-6-4-13-9(15)7-14-5-2-3-8(10(12)18)11(14)16/h2-3,5H,4,6-7H2,1H3,(H2,12,18)(H,13,15). The second-order valence-electron chi connectivity index (χ2n) is 3.56. The highest BCUT2D eigenvalue weighted by molar-refractivity contribution is 7.80. The maximum absolute atomic E-state index is 11.9. The van der Waals surface area contributed by atoms with E-state index in [4.69, 9.17) is 22.7 Å². The van der Waals surface area contributed by atoms with Crippen molar-refractivity contribution >= 4 is 23.1 Å². The number of rotatable bonds is 6. The molecule has 3 N–H and O–H groups in total. The molecule has 0 radical (unpaired) electrons. The lowest BCUT2D eigenvalue weighted by Gasteiger charge is -2.08. The number of thiocarbonyl (C=S) groups is 1. The van der Waals surface area contributed by atoms with Crippen LogP contribution < -0.4 is 16.6 Å². The molecule has 1 heterocycles. The molecule has 0 bridgehead atoms. The molecule has 1 aromatic heterocycles. The summed E-state index contributed by atoms with van der Waals surface area (Å²) in [7, 11) is 1.54. The molecule has 0 aromatic carbocycles. The molecule has 0 unspecified atom stereocenters. The van der Waals surface area contributed by atoms with E-state index < -0.39 is 0 Å². The summed E-state index contributed by atoms with van der Waals surface area (Å²) in [6.45, 7) is 0.756. The number of carbonyl (C=O) groups excluding carboxylic acids is 1. The summed E-state index contributed by atoms with van der Waals surface area (Å²) in [5.41, 5.74) is 5.28. The molecule has 1 amide bonds. The fourth-order valence-electron chi connectivity index (χ4n) is 1.35. The molecule has 0 aliphatic heterocycles. The van der Waals surface area contributed by atoms with Gasteiger partial charge in [0.25, 0.3) is 5.56 Å². The molecule has 7 heteroatoms. The Balaban J connectivity index is 2.73. The lowest BCUT2D eigenvalue weighted by atomic mass is 10.3. The zero-order chi connectivity index (χ0) is 13.5. The average Bonchev–Trinajstić information content (AvgIpc) is 2.32. The number of amides is 1. The van der Waals surface area contributed by atoms with Crippen LogP contribution in [0.4, 0.5) is 0 Å². The van der Waals surface area contributed by atoms with E-state index in [0.717, 1.165) is 0 Å². The van der Waals surface area contributed by atoms with E-state index in [0.29, 0.717) is 13.2 Å². The highest BCUT2D eigenvalue weighted by atomic mass is 32.1. The summed E-state index contributed by atoms with van der Waals surface area (Å²) in [6, 6.07) is 3.16. The van der Waals surface area contributed by atoms with Gasteiger partial charge in [-0.25, -0.2) is 0 Å². The molecular formula is C11H15N3O3S. The van der Waals surface area contributed by atoms with Gasteiger partial charge in [0.1, 0.15) is 11.5 Å². The number of pyridine rings is 1. The van der Waals surface area contributed by atoms with E-state index in [-0.39, 0.29) is 28.6 Å². The van der Waals surface area contributed by atoms with Crippen LogP contribution in [0.1, 0.15) is 5.56 Å². The molecule has 0 saturated carbocycles. The van der Waals surface area contributed by atoms with E-state index in [1.54, 1.807) is 13.2 Å². The van der Waals surface area contributed by atoms with Gasteiger partial charge < -0.3 is 20.4 Å². The largest absolute Gasteiger partial charge is 0.389 e. The van der Waals surface area contributed by atoms with Crippen LogP contribution in [0.15, 0.2) is 23.1 Å². The van der Waals surface area contributed by atoms with Crippen molar-refractivity contribution < 1.29 is 9.53 Å². The van der Waals surface area contributed by atoms with E-state index in [9.17, 15) is 9.59 Å². The predicted octanol–water partition coefficient (Wildman–Crippen LogP) is -0.755. The van der Waals surface area contributed by atoms with E-state index in [1.165, 1.54) is 16.8 Å². The Morgan fingerprint density at radius 3 is 2.94 bits per heavy atom. The van der Waals surface area contributed by atoms with Crippen LogP contribution in [0.2, 0.25) is 0 Å². The van der Waals surface area contributed by atoms with Crippen LogP contribution in [0, 0.1) is 0 Å². The first-order chi connectivity index (χ1) is 8.56. The summed E-state index contributed by atoms with van der Waals surface area (Å²) in [5, 5.41) is 2.62. The Morgan fingerprint density at radius 1 is 1.61 bits per heavy atom. The summed E-state index contributed by atoms with van der Waals surface area (Å²) in [6.07, 6.45) is 1.51. The number of aromatic nitrogens is 1. The summed E-state index contributed by atoms with van der Waals surface area (Å²) >= 11 is 4.76. The van der Waals surface area contributed by atoms with Crippen molar-refractivity contribution in [1.29, 1.82) is 0 Å². The summed E-state index contributed by atoms with van der Waals surface area (Å²) in [4.78, 5) is 23.4. The quantitative estimate of drug-likeness (QED) is 0.524. The van der Waals surface area contributed by atoms with Crippen molar-refractivity contribution in [2.24, 2.45) is 5.73 Å². The number of nitrogens with one attached hydrogen (secondary N) is 1. The van der Waals surface area contributed by atoms with Crippen LogP contribution in [-0.4, -0.2) is 35.7 Å². The molecule has 6 nitrogen and oxygen atoms in total. The van der Waals surface area contributed by atoms with Gasteiger partial charge >= 0.3 is 0 Å². The Hall–Kier alpha value is -1.73. The van der Waals surface area contributed by atoms with Crippen LogP contribution >= 0.6 is 12.2 Å². The average molecular weight is 269 g/mol. The molecule has 0 aliphatic rings. The van der Waals surface area contributed by atoms with Crippen molar-refractivity contribution in [3.63, 3.8) is 0 Å². The molecule has 1 aromatic rings. The zero-order valence-electron chi connectivity index (χ0n) is 10.0. The Bertz CT molecular complexity index is 499. The van der Waals surface area contributed by atoms with Gasteiger partial charge in [-0.15, -0.1) is 0 Å². The minimum absolute atomic E-state index is 0.0224. The third-order valence-corrected chi connectivity index (χ3v) is 2.45. The van der Waals surface area contributed by atoms with Gasteiger partial charge in [-0.2, -0.15) is 0 Å². The molecule has 0 spiro atoms. The molecule has 0 fully saturated rings. The van der Waals surface area contributed by atoms with Gasteiger partial charge in [-0.1, -0.05) is 12.2 Å². The fraction of sp³-hybridized carbons (Fsp3) is 0.364. The van der Waals surface area contributed by atoms with Crippen LogP contribution in [0.3, 0.4) is 0 Å². The van der Waals surface area contributed by atoms with Crippen molar-refractivity contribution in [3.05, 3.63) is 34.2 Å². The highest BCUT2D eigenvalue weighted by Crippen LogP contribution is 1.92. The predicted molar refractivity (Wildman–Crippen MR) is 71.5 cm³/mol. The van der Waals surface area contributed by atoms with Crippen LogP contribution in [0.5, 0.6) is 0 Å². The van der Waals surface area contributed by atoms with Crippen molar-refractivity contribution in [3.8, 4) is 0 Å². The van der Waals surface area contributed by atoms with Gasteiger partial charge in [-0.3, -0.25) is 9.59 Å². The number of methoxy groups -OCH3 is 1. The number of hydrogen-bond donors (Lipinski definition) is 2. The highest BCUT2D eigenvalue weighted by Gasteiger charge is 2.08.